The molecule has 1 aliphatic heterocycles. The Morgan fingerprint density at radius 3 is 2.08 bits per heavy atom. The third-order valence-corrected chi connectivity index (χ3v) is 5.75. The molecule has 2 rings (SSSR count). The minimum absolute atomic E-state index is 0.411. The van der Waals surface area contributed by atoms with Crippen LogP contribution in [0.4, 0.5) is 0 Å². The van der Waals surface area contributed by atoms with Crippen molar-refractivity contribution in [3.05, 3.63) is 0 Å². The van der Waals surface area contributed by atoms with Gasteiger partial charge in [0.05, 0.1) is 12.2 Å². The SMILES string of the molecule is CC1CCC(OC(C)C)CC1.CCCCN1CCN(C(C)C)CC1C. The summed E-state index contributed by atoms with van der Waals surface area (Å²) in [6.45, 7) is 20.9. The van der Waals surface area contributed by atoms with Gasteiger partial charge in [0.1, 0.15) is 0 Å². The summed E-state index contributed by atoms with van der Waals surface area (Å²) >= 11 is 0. The Labute approximate surface area is 158 Å². The van der Waals surface area contributed by atoms with Crippen molar-refractivity contribution in [2.24, 2.45) is 5.92 Å². The number of ether oxygens (including phenoxy) is 1. The lowest BCUT2D eigenvalue weighted by Crippen LogP contribution is -2.53. The second-order valence-corrected chi connectivity index (χ2v) is 8.89. The number of hydrogen-bond acceptors (Lipinski definition) is 3. The zero-order chi connectivity index (χ0) is 18.8. The van der Waals surface area contributed by atoms with E-state index in [2.05, 4.69) is 58.3 Å². The van der Waals surface area contributed by atoms with Gasteiger partial charge in [-0.15, -0.1) is 0 Å². The third kappa shape index (κ3) is 9.40. The van der Waals surface area contributed by atoms with Gasteiger partial charge in [0.2, 0.25) is 0 Å². The third-order valence-electron chi connectivity index (χ3n) is 5.75. The first-order valence-electron chi connectivity index (χ1n) is 11.0. The molecule has 0 N–H and O–H groups in total. The van der Waals surface area contributed by atoms with Crippen molar-refractivity contribution in [2.75, 3.05) is 26.2 Å². The lowest BCUT2D eigenvalue weighted by atomic mass is 9.89. The Balaban J connectivity index is 0.000000257. The second kappa shape index (κ2) is 12.3. The molecule has 150 valence electrons. The van der Waals surface area contributed by atoms with E-state index in [0.29, 0.717) is 18.2 Å². The molecule has 0 aromatic heterocycles. The maximum absolute atomic E-state index is 5.74. The van der Waals surface area contributed by atoms with Crippen LogP contribution in [-0.2, 0) is 4.74 Å². The monoisotopic (exact) mass is 354 g/mol. The summed E-state index contributed by atoms with van der Waals surface area (Å²) in [6, 6.07) is 1.46. The molecule has 3 heteroatoms. The Kier molecular flexibility index (Phi) is 11.3. The lowest BCUT2D eigenvalue weighted by Gasteiger charge is -2.41. The van der Waals surface area contributed by atoms with Gasteiger partial charge in [-0.05, 0) is 79.2 Å². The molecule has 2 aliphatic rings. The van der Waals surface area contributed by atoms with Gasteiger partial charge in [0.15, 0.2) is 0 Å². The summed E-state index contributed by atoms with van der Waals surface area (Å²) < 4.78 is 5.74. The van der Waals surface area contributed by atoms with Crippen molar-refractivity contribution in [3.63, 3.8) is 0 Å². The number of unbranched alkanes of at least 4 members (excludes halogenated alkanes) is 1. The first kappa shape index (κ1) is 22.9. The Morgan fingerprint density at radius 1 is 0.960 bits per heavy atom. The van der Waals surface area contributed by atoms with E-state index in [1.165, 1.54) is 64.7 Å². The molecule has 1 saturated heterocycles. The number of hydrogen-bond donors (Lipinski definition) is 0. The molecule has 0 aromatic carbocycles. The molecule has 3 nitrogen and oxygen atoms in total. The van der Waals surface area contributed by atoms with E-state index < -0.39 is 0 Å². The second-order valence-electron chi connectivity index (χ2n) is 8.89. The zero-order valence-corrected chi connectivity index (χ0v) is 18.3. The van der Waals surface area contributed by atoms with Crippen LogP contribution < -0.4 is 0 Å². The molecule has 0 aromatic rings. The van der Waals surface area contributed by atoms with Crippen LogP contribution in [0.15, 0.2) is 0 Å². The number of piperazine rings is 1. The maximum atomic E-state index is 5.74. The van der Waals surface area contributed by atoms with Crippen LogP contribution in [0.25, 0.3) is 0 Å². The van der Waals surface area contributed by atoms with Gasteiger partial charge in [-0.3, -0.25) is 9.80 Å². The molecule has 1 atom stereocenters. The van der Waals surface area contributed by atoms with Crippen molar-refractivity contribution in [2.45, 2.75) is 111 Å². The minimum Gasteiger partial charge on any atom is -0.376 e. The van der Waals surface area contributed by atoms with Gasteiger partial charge in [-0.25, -0.2) is 0 Å². The topological polar surface area (TPSA) is 15.7 Å². The summed E-state index contributed by atoms with van der Waals surface area (Å²) in [5.41, 5.74) is 0. The molecule has 2 fully saturated rings. The summed E-state index contributed by atoms with van der Waals surface area (Å²) in [6.07, 6.45) is 8.91. The molecule has 1 unspecified atom stereocenters. The molecule has 0 radical (unpaired) electrons. The van der Waals surface area contributed by atoms with E-state index in [0.717, 1.165) is 12.0 Å². The average molecular weight is 355 g/mol. The van der Waals surface area contributed by atoms with E-state index in [-0.39, 0.29) is 0 Å². The Bertz CT molecular complexity index is 324. The van der Waals surface area contributed by atoms with Crippen molar-refractivity contribution in [1.29, 1.82) is 0 Å². The van der Waals surface area contributed by atoms with Gasteiger partial charge in [-0.2, -0.15) is 0 Å². The predicted molar refractivity (Wildman–Crippen MR) is 110 cm³/mol. The van der Waals surface area contributed by atoms with Crippen molar-refractivity contribution >= 4 is 0 Å². The highest BCUT2D eigenvalue weighted by atomic mass is 16.5. The van der Waals surface area contributed by atoms with E-state index in [9.17, 15) is 0 Å². The quantitative estimate of drug-likeness (QED) is 0.653. The van der Waals surface area contributed by atoms with Crippen LogP contribution in [-0.4, -0.2) is 60.3 Å². The summed E-state index contributed by atoms with van der Waals surface area (Å²) in [5.74, 6) is 0.932. The van der Waals surface area contributed by atoms with Gasteiger partial charge >= 0.3 is 0 Å². The summed E-state index contributed by atoms with van der Waals surface area (Å²) in [7, 11) is 0. The largest absolute Gasteiger partial charge is 0.376 e. The fraction of sp³-hybridized carbons (Fsp3) is 1.00. The van der Waals surface area contributed by atoms with Crippen LogP contribution in [0.2, 0.25) is 0 Å². The van der Waals surface area contributed by atoms with E-state index >= 15 is 0 Å². The normalized spacial score (nSPS) is 28.9. The van der Waals surface area contributed by atoms with Gasteiger partial charge in [0.25, 0.3) is 0 Å². The zero-order valence-electron chi connectivity index (χ0n) is 18.3. The van der Waals surface area contributed by atoms with Crippen LogP contribution in [0, 0.1) is 5.92 Å². The van der Waals surface area contributed by atoms with Crippen LogP contribution >= 0.6 is 0 Å². The molecular formula is C22H46N2O. The van der Waals surface area contributed by atoms with E-state index in [4.69, 9.17) is 4.74 Å². The standard InChI is InChI=1S/C12H26N2.C10H20O/c1-5-6-7-13-8-9-14(11(2)3)10-12(13)4;1-8(2)11-10-6-4-9(3)5-7-10/h11-12H,5-10H2,1-4H3;8-10H,4-7H2,1-3H3. The predicted octanol–water partition coefficient (Wildman–Crippen LogP) is 5.19. The van der Waals surface area contributed by atoms with Gasteiger partial charge in [0, 0.05) is 31.7 Å². The number of nitrogens with zero attached hydrogens (tertiary/aromatic N) is 2. The average Bonchev–Trinajstić information content (AvgIpc) is 2.56. The van der Waals surface area contributed by atoms with E-state index in [1.54, 1.807) is 0 Å². The Hall–Kier alpha value is -0.120. The molecule has 0 amide bonds. The molecule has 25 heavy (non-hydrogen) atoms. The highest BCUT2D eigenvalue weighted by Gasteiger charge is 2.24. The Morgan fingerprint density at radius 2 is 1.60 bits per heavy atom. The van der Waals surface area contributed by atoms with E-state index in [1.807, 2.05) is 0 Å². The molecule has 0 bridgehead atoms. The van der Waals surface area contributed by atoms with Crippen LogP contribution in [0.5, 0.6) is 0 Å². The minimum atomic E-state index is 0.411. The summed E-state index contributed by atoms with van der Waals surface area (Å²) in [4.78, 5) is 5.23. The maximum Gasteiger partial charge on any atom is 0.0578 e. The molecular weight excluding hydrogens is 308 g/mol. The molecule has 1 saturated carbocycles. The fourth-order valence-electron chi connectivity index (χ4n) is 3.94. The van der Waals surface area contributed by atoms with Crippen molar-refractivity contribution < 1.29 is 4.74 Å². The highest BCUT2D eigenvalue weighted by Crippen LogP contribution is 2.26. The lowest BCUT2D eigenvalue weighted by molar-refractivity contribution is -0.0183. The van der Waals surface area contributed by atoms with Gasteiger partial charge < -0.3 is 4.74 Å². The summed E-state index contributed by atoms with van der Waals surface area (Å²) in [5, 5.41) is 0. The molecule has 0 spiro atoms. The fourth-order valence-corrected chi connectivity index (χ4v) is 3.94. The highest BCUT2D eigenvalue weighted by molar-refractivity contribution is 4.80. The van der Waals surface area contributed by atoms with Crippen molar-refractivity contribution in [3.8, 4) is 0 Å². The molecule has 1 heterocycles. The van der Waals surface area contributed by atoms with Crippen molar-refractivity contribution in [1.82, 2.24) is 9.80 Å². The first-order valence-corrected chi connectivity index (χ1v) is 11.0. The number of rotatable bonds is 6. The van der Waals surface area contributed by atoms with Gasteiger partial charge in [-0.1, -0.05) is 20.3 Å². The molecule has 1 aliphatic carbocycles. The smallest absolute Gasteiger partial charge is 0.0578 e. The van der Waals surface area contributed by atoms with Crippen LogP contribution in [0.3, 0.4) is 0 Å². The first-order chi connectivity index (χ1) is 11.8. The van der Waals surface area contributed by atoms with Crippen LogP contribution in [0.1, 0.15) is 87.0 Å².